The van der Waals surface area contributed by atoms with Gasteiger partial charge in [-0.05, 0) is 30.2 Å². The van der Waals surface area contributed by atoms with Crippen molar-refractivity contribution in [3.05, 3.63) is 35.3 Å². The average Bonchev–Trinajstić information content (AvgIpc) is 3.07. The molecule has 1 amide bonds. The van der Waals surface area contributed by atoms with E-state index in [4.69, 9.17) is 4.74 Å². The summed E-state index contributed by atoms with van der Waals surface area (Å²) in [7, 11) is 1.63. The molecular formula is C18H24N2O3S. The van der Waals surface area contributed by atoms with Crippen LogP contribution < -0.4 is 10.1 Å². The number of amides is 1. The number of hydrogen-bond donors (Lipinski definition) is 2. The van der Waals surface area contributed by atoms with Crippen molar-refractivity contribution in [3.8, 4) is 16.3 Å². The molecule has 0 aliphatic rings. The number of aliphatic hydroxyl groups is 1. The van der Waals surface area contributed by atoms with Crippen LogP contribution in [-0.2, 0) is 11.2 Å². The van der Waals surface area contributed by atoms with Crippen LogP contribution in [0, 0.1) is 5.92 Å². The van der Waals surface area contributed by atoms with Gasteiger partial charge in [0.15, 0.2) is 0 Å². The van der Waals surface area contributed by atoms with E-state index in [0.717, 1.165) is 28.4 Å². The molecule has 24 heavy (non-hydrogen) atoms. The van der Waals surface area contributed by atoms with E-state index >= 15 is 0 Å². The zero-order chi connectivity index (χ0) is 17.5. The zero-order valence-electron chi connectivity index (χ0n) is 14.3. The quantitative estimate of drug-likeness (QED) is 0.769. The summed E-state index contributed by atoms with van der Waals surface area (Å²) in [4.78, 5) is 16.7. The molecule has 0 bridgehead atoms. The molecule has 6 heteroatoms. The maximum Gasteiger partial charge on any atom is 0.226 e. The molecule has 0 spiro atoms. The number of carbonyl (C=O) groups excluding carboxylic acids is 1. The second-order valence-corrected chi connectivity index (χ2v) is 6.65. The number of carbonyl (C=O) groups is 1. The van der Waals surface area contributed by atoms with Crippen LogP contribution in [0.15, 0.2) is 29.6 Å². The van der Waals surface area contributed by atoms with Gasteiger partial charge in [0, 0.05) is 10.9 Å². The first-order chi connectivity index (χ1) is 11.6. The molecular weight excluding hydrogens is 324 g/mol. The average molecular weight is 348 g/mol. The first-order valence-corrected chi connectivity index (χ1v) is 8.94. The highest BCUT2D eigenvalue weighted by Crippen LogP contribution is 2.25. The van der Waals surface area contributed by atoms with Gasteiger partial charge in [-0.2, -0.15) is 0 Å². The largest absolute Gasteiger partial charge is 0.497 e. The van der Waals surface area contributed by atoms with E-state index in [9.17, 15) is 9.90 Å². The van der Waals surface area contributed by atoms with E-state index in [1.807, 2.05) is 43.5 Å². The summed E-state index contributed by atoms with van der Waals surface area (Å²) < 4.78 is 5.15. The molecule has 0 radical (unpaired) electrons. The Bertz CT molecular complexity index is 655. The second kappa shape index (κ2) is 8.80. The van der Waals surface area contributed by atoms with Crippen LogP contribution in [0.5, 0.6) is 5.75 Å². The lowest BCUT2D eigenvalue weighted by molar-refractivity contribution is -0.121. The number of thiazole rings is 1. The minimum atomic E-state index is -0.206. The maximum absolute atomic E-state index is 12.2. The number of methoxy groups -OCH3 is 1. The van der Waals surface area contributed by atoms with Crippen LogP contribution in [0.25, 0.3) is 10.6 Å². The standard InChI is InChI=1S/C18H24N2O3S/c1-4-12(2)16(10-21)20-17(22)9-14-11-24-18(19-14)13-5-7-15(23-3)8-6-13/h5-8,11-12,16,21H,4,9-10H2,1-3H3,(H,20,22)/t12-,16+/m0/s1. The Morgan fingerprint density at radius 1 is 1.38 bits per heavy atom. The third-order valence-corrected chi connectivity index (χ3v) is 5.04. The van der Waals surface area contributed by atoms with Crippen LogP contribution in [-0.4, -0.2) is 35.8 Å². The lowest BCUT2D eigenvalue weighted by Gasteiger charge is -2.21. The summed E-state index contributed by atoms with van der Waals surface area (Å²) in [5, 5.41) is 15.1. The minimum Gasteiger partial charge on any atom is -0.497 e. The van der Waals surface area contributed by atoms with Gasteiger partial charge in [0.05, 0.1) is 31.9 Å². The number of aliphatic hydroxyl groups excluding tert-OH is 1. The normalized spacial score (nSPS) is 13.3. The molecule has 0 saturated heterocycles. The molecule has 1 heterocycles. The Hall–Kier alpha value is -1.92. The van der Waals surface area contributed by atoms with E-state index in [0.29, 0.717) is 0 Å². The number of aromatic nitrogens is 1. The van der Waals surface area contributed by atoms with Crippen molar-refractivity contribution in [2.45, 2.75) is 32.7 Å². The van der Waals surface area contributed by atoms with Gasteiger partial charge in [-0.15, -0.1) is 11.3 Å². The van der Waals surface area contributed by atoms with Gasteiger partial charge in [0.2, 0.25) is 5.91 Å². The van der Waals surface area contributed by atoms with Crippen molar-refractivity contribution in [1.29, 1.82) is 0 Å². The van der Waals surface area contributed by atoms with Gasteiger partial charge < -0.3 is 15.2 Å². The Balaban J connectivity index is 1.98. The van der Waals surface area contributed by atoms with Crippen molar-refractivity contribution in [2.24, 2.45) is 5.92 Å². The molecule has 1 aromatic carbocycles. The second-order valence-electron chi connectivity index (χ2n) is 5.79. The SMILES string of the molecule is CC[C@H](C)[C@@H](CO)NC(=O)Cc1csc(-c2ccc(OC)cc2)n1. The molecule has 0 aliphatic carbocycles. The predicted octanol–water partition coefficient (Wildman–Crippen LogP) is 2.88. The Labute approximate surface area is 146 Å². The molecule has 0 fully saturated rings. The summed E-state index contributed by atoms with van der Waals surface area (Å²) in [5.74, 6) is 0.931. The molecule has 130 valence electrons. The highest BCUT2D eigenvalue weighted by Gasteiger charge is 2.18. The lowest BCUT2D eigenvalue weighted by Crippen LogP contribution is -2.42. The van der Waals surface area contributed by atoms with Gasteiger partial charge in [-0.3, -0.25) is 4.79 Å². The fourth-order valence-corrected chi connectivity index (χ4v) is 3.15. The van der Waals surface area contributed by atoms with Crippen molar-refractivity contribution in [2.75, 3.05) is 13.7 Å². The van der Waals surface area contributed by atoms with Crippen molar-refractivity contribution in [1.82, 2.24) is 10.3 Å². The van der Waals surface area contributed by atoms with E-state index in [-0.39, 0.29) is 30.9 Å². The monoisotopic (exact) mass is 348 g/mol. The minimum absolute atomic E-state index is 0.0467. The van der Waals surface area contributed by atoms with Gasteiger partial charge in [0.25, 0.3) is 0 Å². The molecule has 2 atom stereocenters. The zero-order valence-corrected chi connectivity index (χ0v) is 15.1. The van der Waals surface area contributed by atoms with E-state index < -0.39 is 0 Å². The van der Waals surface area contributed by atoms with E-state index in [1.54, 1.807) is 7.11 Å². The number of nitrogens with one attached hydrogen (secondary N) is 1. The fourth-order valence-electron chi connectivity index (χ4n) is 2.33. The molecule has 1 aromatic heterocycles. The molecule has 2 N–H and O–H groups in total. The number of nitrogens with zero attached hydrogens (tertiary/aromatic N) is 1. The molecule has 2 rings (SSSR count). The smallest absolute Gasteiger partial charge is 0.226 e. The Morgan fingerprint density at radius 2 is 2.08 bits per heavy atom. The summed E-state index contributed by atoms with van der Waals surface area (Å²) in [6, 6.07) is 7.47. The van der Waals surface area contributed by atoms with Crippen LogP contribution in [0.3, 0.4) is 0 Å². The highest BCUT2D eigenvalue weighted by atomic mass is 32.1. The van der Waals surface area contributed by atoms with Crippen LogP contribution in [0.4, 0.5) is 0 Å². The van der Waals surface area contributed by atoms with Gasteiger partial charge in [0.1, 0.15) is 10.8 Å². The van der Waals surface area contributed by atoms with Crippen molar-refractivity contribution in [3.63, 3.8) is 0 Å². The van der Waals surface area contributed by atoms with Gasteiger partial charge in [-0.25, -0.2) is 4.98 Å². The first-order valence-electron chi connectivity index (χ1n) is 8.06. The van der Waals surface area contributed by atoms with Crippen molar-refractivity contribution < 1.29 is 14.6 Å². The lowest BCUT2D eigenvalue weighted by atomic mass is 10.00. The molecule has 2 aromatic rings. The van der Waals surface area contributed by atoms with E-state index in [1.165, 1.54) is 11.3 Å². The number of ether oxygens (including phenoxy) is 1. The molecule has 5 nitrogen and oxygen atoms in total. The fraction of sp³-hybridized carbons (Fsp3) is 0.444. The molecule has 0 saturated carbocycles. The van der Waals surface area contributed by atoms with Crippen LogP contribution >= 0.6 is 11.3 Å². The summed E-state index contributed by atoms with van der Waals surface area (Å²) in [6.07, 6.45) is 1.13. The summed E-state index contributed by atoms with van der Waals surface area (Å²) in [6.45, 7) is 4.02. The van der Waals surface area contributed by atoms with Crippen LogP contribution in [0.1, 0.15) is 26.0 Å². The molecule has 0 aliphatic heterocycles. The topological polar surface area (TPSA) is 71.5 Å². The highest BCUT2D eigenvalue weighted by molar-refractivity contribution is 7.13. The Kier molecular flexibility index (Phi) is 6.75. The van der Waals surface area contributed by atoms with E-state index in [2.05, 4.69) is 10.3 Å². The Morgan fingerprint density at radius 3 is 2.67 bits per heavy atom. The maximum atomic E-state index is 12.2. The predicted molar refractivity (Wildman–Crippen MR) is 96.3 cm³/mol. The number of hydrogen-bond acceptors (Lipinski definition) is 5. The van der Waals surface area contributed by atoms with Gasteiger partial charge >= 0.3 is 0 Å². The third-order valence-electron chi connectivity index (χ3n) is 4.10. The number of rotatable bonds is 8. The first kappa shape index (κ1) is 18.4. The van der Waals surface area contributed by atoms with Gasteiger partial charge in [-0.1, -0.05) is 20.3 Å². The third kappa shape index (κ3) is 4.79. The number of benzene rings is 1. The summed E-state index contributed by atoms with van der Waals surface area (Å²) in [5.41, 5.74) is 1.74. The van der Waals surface area contributed by atoms with Crippen molar-refractivity contribution >= 4 is 17.2 Å². The summed E-state index contributed by atoms with van der Waals surface area (Å²) >= 11 is 1.51. The van der Waals surface area contributed by atoms with Crippen LogP contribution in [0.2, 0.25) is 0 Å². The molecule has 0 unspecified atom stereocenters.